The fourth-order valence-electron chi connectivity index (χ4n) is 5.97. The Hall–Kier alpha value is -1.73. The molecule has 0 aliphatic heterocycles. The average molecular weight is 660 g/mol. The maximum Gasteiger partial charge on any atom is 0.0639 e. The SMILES string of the molecule is CCCCCCCCC(=N\c1cc(CCCC)cc(CCCC)c1)/C(CCCC)=N/c1cc(CCCC)cc(CCCC)c1.[Ni]. The summed E-state index contributed by atoms with van der Waals surface area (Å²) in [6.07, 6.45) is 26.6. The third kappa shape index (κ3) is 17.7. The van der Waals surface area contributed by atoms with Crippen LogP contribution in [0.3, 0.4) is 0 Å². The van der Waals surface area contributed by atoms with Crippen LogP contribution in [0.15, 0.2) is 46.4 Å². The minimum atomic E-state index is 0. The average Bonchev–Trinajstić information content (AvgIpc) is 3.03. The van der Waals surface area contributed by atoms with Gasteiger partial charge in [-0.1, -0.05) is 118 Å². The Bertz CT molecular complexity index is 1050. The summed E-state index contributed by atoms with van der Waals surface area (Å²) in [6, 6.07) is 14.4. The van der Waals surface area contributed by atoms with Crippen LogP contribution in [0.4, 0.5) is 11.4 Å². The first-order valence-corrected chi connectivity index (χ1v) is 19.0. The number of hydrogen-bond acceptors (Lipinski definition) is 2. The van der Waals surface area contributed by atoms with Crippen molar-refractivity contribution < 1.29 is 16.5 Å². The van der Waals surface area contributed by atoms with Gasteiger partial charge in [-0.15, -0.1) is 0 Å². The van der Waals surface area contributed by atoms with Crippen LogP contribution in [0.2, 0.25) is 0 Å². The van der Waals surface area contributed by atoms with Crippen LogP contribution in [0.5, 0.6) is 0 Å². The zero-order valence-corrected chi connectivity index (χ0v) is 31.2. The van der Waals surface area contributed by atoms with E-state index in [2.05, 4.69) is 77.9 Å². The fourth-order valence-corrected chi connectivity index (χ4v) is 5.97. The molecule has 2 aromatic carbocycles. The predicted octanol–water partition coefficient (Wildman–Crippen LogP) is 13.8. The monoisotopic (exact) mass is 658 g/mol. The number of rotatable bonds is 25. The smallest absolute Gasteiger partial charge is 0.0639 e. The fraction of sp³-hybridized carbons (Fsp3) is 0.667. The summed E-state index contributed by atoms with van der Waals surface area (Å²) >= 11 is 0. The van der Waals surface area contributed by atoms with Gasteiger partial charge in [0.15, 0.2) is 0 Å². The summed E-state index contributed by atoms with van der Waals surface area (Å²) in [4.78, 5) is 11.0. The Kier molecular flexibility index (Phi) is 24.2. The number of nitrogens with zero attached hydrogens (tertiary/aromatic N) is 2. The molecule has 2 aromatic rings. The van der Waals surface area contributed by atoms with E-state index in [1.807, 2.05) is 0 Å². The number of benzene rings is 2. The molecule has 0 amide bonds. The first-order chi connectivity index (χ1) is 21.6. The third-order valence-corrected chi connectivity index (χ3v) is 8.75. The normalized spacial score (nSPS) is 12.0. The van der Waals surface area contributed by atoms with Gasteiger partial charge in [-0.3, -0.25) is 9.98 Å². The molecule has 256 valence electrons. The van der Waals surface area contributed by atoms with Crippen molar-refractivity contribution >= 4 is 22.8 Å². The van der Waals surface area contributed by atoms with E-state index in [1.54, 1.807) is 0 Å². The molecule has 0 saturated heterocycles. The molecule has 2 nitrogen and oxygen atoms in total. The summed E-state index contributed by atoms with van der Waals surface area (Å²) in [5, 5.41) is 0. The Morgan fingerprint density at radius 3 is 1.04 bits per heavy atom. The van der Waals surface area contributed by atoms with Gasteiger partial charge in [0, 0.05) is 16.5 Å². The van der Waals surface area contributed by atoms with E-state index >= 15 is 0 Å². The molecule has 3 heteroatoms. The van der Waals surface area contributed by atoms with E-state index in [-0.39, 0.29) is 16.5 Å². The van der Waals surface area contributed by atoms with Gasteiger partial charge in [0.1, 0.15) is 0 Å². The van der Waals surface area contributed by atoms with Crippen molar-refractivity contribution in [2.45, 2.75) is 183 Å². The van der Waals surface area contributed by atoms with Gasteiger partial charge in [-0.05, 0) is 124 Å². The Balaban J connectivity index is 0.0000101. The zero-order chi connectivity index (χ0) is 31.8. The maximum atomic E-state index is 5.51. The summed E-state index contributed by atoms with van der Waals surface area (Å²) in [6.45, 7) is 13.8. The molecule has 0 fully saturated rings. The van der Waals surface area contributed by atoms with E-state index in [0.717, 1.165) is 56.3 Å². The molecule has 0 N–H and O–H groups in total. The quantitative estimate of drug-likeness (QED) is 0.0576. The molecule has 0 spiro atoms. The largest absolute Gasteiger partial charge is 0.252 e. The van der Waals surface area contributed by atoms with E-state index in [4.69, 9.17) is 9.98 Å². The first-order valence-electron chi connectivity index (χ1n) is 19.0. The molecule has 45 heavy (non-hydrogen) atoms. The van der Waals surface area contributed by atoms with E-state index in [9.17, 15) is 0 Å². The van der Waals surface area contributed by atoms with Crippen molar-refractivity contribution in [2.75, 3.05) is 0 Å². The van der Waals surface area contributed by atoms with Gasteiger partial charge in [0.05, 0.1) is 22.8 Å². The van der Waals surface area contributed by atoms with Gasteiger partial charge in [0.2, 0.25) is 0 Å². The van der Waals surface area contributed by atoms with Crippen LogP contribution in [0.1, 0.15) is 179 Å². The van der Waals surface area contributed by atoms with Crippen molar-refractivity contribution in [1.82, 2.24) is 0 Å². The van der Waals surface area contributed by atoms with Crippen LogP contribution >= 0.6 is 0 Å². The molecule has 0 saturated carbocycles. The van der Waals surface area contributed by atoms with E-state index in [1.165, 1.54) is 130 Å². The van der Waals surface area contributed by atoms with Gasteiger partial charge < -0.3 is 0 Å². The first kappa shape index (κ1) is 41.3. The van der Waals surface area contributed by atoms with Crippen LogP contribution in [-0.2, 0) is 42.2 Å². The van der Waals surface area contributed by atoms with Gasteiger partial charge >= 0.3 is 0 Å². The Morgan fingerprint density at radius 1 is 0.378 bits per heavy atom. The maximum absolute atomic E-state index is 5.51. The van der Waals surface area contributed by atoms with Crippen LogP contribution in [0.25, 0.3) is 0 Å². The van der Waals surface area contributed by atoms with Crippen LogP contribution in [-0.4, -0.2) is 11.4 Å². The van der Waals surface area contributed by atoms with Crippen molar-refractivity contribution in [2.24, 2.45) is 9.98 Å². The van der Waals surface area contributed by atoms with Gasteiger partial charge in [0.25, 0.3) is 0 Å². The molecule has 0 aliphatic carbocycles. The van der Waals surface area contributed by atoms with Crippen molar-refractivity contribution in [3.05, 3.63) is 58.7 Å². The van der Waals surface area contributed by atoms with Crippen molar-refractivity contribution in [3.8, 4) is 0 Å². The summed E-state index contributed by atoms with van der Waals surface area (Å²) in [5.74, 6) is 0. The van der Waals surface area contributed by atoms with Crippen LogP contribution < -0.4 is 0 Å². The Morgan fingerprint density at radius 2 is 0.689 bits per heavy atom. The molecule has 0 heterocycles. The molecule has 0 aliphatic rings. The van der Waals surface area contributed by atoms with Gasteiger partial charge in [-0.2, -0.15) is 0 Å². The van der Waals surface area contributed by atoms with Crippen molar-refractivity contribution in [1.29, 1.82) is 0 Å². The van der Waals surface area contributed by atoms with E-state index in [0.29, 0.717) is 0 Å². The molecule has 0 radical (unpaired) electrons. The minimum Gasteiger partial charge on any atom is -0.252 e. The molecule has 0 bridgehead atoms. The minimum absolute atomic E-state index is 0. The standard InChI is InChI=1S/C42H68N2.Ni/c1-7-13-19-20-21-22-28-42(44-40-33-37(25-16-10-4)30-38(34-40)26-17-11-5)41(27-18-12-6)43-39-31-35(23-14-8-2)29-36(32-39)24-15-9-3;/h29-34H,7-28H2,1-6H3;/b43-41+,44-42+;. The number of aryl methyl sites for hydroxylation is 4. The number of aliphatic imine (C=N–C) groups is 2. The molecule has 0 aromatic heterocycles. The number of unbranched alkanes of at least 4 members (excludes halogenated alkanes) is 10. The molecule has 0 unspecified atom stereocenters. The summed E-state index contributed by atoms with van der Waals surface area (Å²) < 4.78 is 0. The third-order valence-electron chi connectivity index (χ3n) is 8.75. The van der Waals surface area contributed by atoms with Crippen LogP contribution in [0, 0.1) is 0 Å². The number of hydrogen-bond donors (Lipinski definition) is 0. The second-order valence-electron chi connectivity index (χ2n) is 13.2. The molecular weight excluding hydrogens is 591 g/mol. The zero-order valence-electron chi connectivity index (χ0n) is 30.2. The molecular formula is C42H68N2Ni. The molecule has 2 rings (SSSR count). The predicted molar refractivity (Wildman–Crippen MR) is 199 cm³/mol. The van der Waals surface area contributed by atoms with Crippen molar-refractivity contribution in [3.63, 3.8) is 0 Å². The summed E-state index contributed by atoms with van der Waals surface area (Å²) in [7, 11) is 0. The van der Waals surface area contributed by atoms with Gasteiger partial charge in [-0.25, -0.2) is 0 Å². The molecule has 0 atom stereocenters. The summed E-state index contributed by atoms with van der Waals surface area (Å²) in [5.41, 5.74) is 10.6. The topological polar surface area (TPSA) is 24.7 Å². The Labute approximate surface area is 289 Å². The van der Waals surface area contributed by atoms with E-state index < -0.39 is 0 Å². The second kappa shape index (κ2) is 26.4. The second-order valence-corrected chi connectivity index (χ2v) is 13.2.